The van der Waals surface area contributed by atoms with Gasteiger partial charge in [0.2, 0.25) is 0 Å². The summed E-state index contributed by atoms with van der Waals surface area (Å²) in [5, 5.41) is 0. The largest absolute Gasteiger partial charge is 0.0920 e. The zero-order chi connectivity index (χ0) is 11.3. The normalized spacial score (nSPS) is 46.8. The molecule has 3 heteroatoms. The fourth-order valence-corrected chi connectivity index (χ4v) is 7.55. The lowest BCUT2D eigenvalue weighted by Gasteiger charge is -2.58. The van der Waals surface area contributed by atoms with E-state index >= 15 is 0 Å². The Morgan fingerprint density at radius 3 is 1.75 bits per heavy atom. The molecule has 4 bridgehead atoms. The molecule has 0 atom stereocenters. The molecule has 16 heavy (non-hydrogen) atoms. The van der Waals surface area contributed by atoms with E-state index in [2.05, 4.69) is 52.8 Å². The Bertz CT molecular complexity index is 284. The van der Waals surface area contributed by atoms with Gasteiger partial charge < -0.3 is 0 Å². The van der Waals surface area contributed by atoms with Crippen LogP contribution in [0.25, 0.3) is 0 Å². The van der Waals surface area contributed by atoms with E-state index in [0.29, 0.717) is 9.15 Å². The van der Waals surface area contributed by atoms with Crippen LogP contribution in [0.5, 0.6) is 0 Å². The molecule has 0 N–H and O–H groups in total. The molecule has 0 nitrogen and oxygen atoms in total. The van der Waals surface area contributed by atoms with Gasteiger partial charge >= 0.3 is 0 Å². The Kier molecular flexibility index (Phi) is 3.35. The highest BCUT2D eigenvalue weighted by Crippen LogP contribution is 2.63. The van der Waals surface area contributed by atoms with Gasteiger partial charge in [-0.25, -0.2) is 0 Å². The molecule has 90 valence electrons. The van der Waals surface area contributed by atoms with E-state index in [0.717, 1.165) is 17.8 Å². The standard InChI is InChI=1S/C13H17Br3/c14-7-11(12(15)16)13-4-8-1-9(5-13)3-10(2-8)6-13/h7-10,12H,1-6H2/b11-7-. The third-order valence-electron chi connectivity index (χ3n) is 5.00. The Hall–Kier alpha value is 1.18. The third kappa shape index (κ3) is 1.89. The van der Waals surface area contributed by atoms with Crippen molar-refractivity contribution in [2.75, 3.05) is 0 Å². The molecule has 4 saturated carbocycles. The molecule has 0 aliphatic heterocycles. The van der Waals surface area contributed by atoms with E-state index in [1.807, 2.05) is 0 Å². The van der Waals surface area contributed by atoms with Crippen LogP contribution in [0, 0.1) is 23.2 Å². The summed E-state index contributed by atoms with van der Waals surface area (Å²) in [4.78, 5) is 2.17. The highest BCUT2D eigenvalue weighted by atomic mass is 79.9. The van der Waals surface area contributed by atoms with Crippen molar-refractivity contribution in [1.82, 2.24) is 0 Å². The molecule has 0 saturated heterocycles. The van der Waals surface area contributed by atoms with Crippen LogP contribution in [0.15, 0.2) is 10.6 Å². The van der Waals surface area contributed by atoms with Crippen LogP contribution in [0.2, 0.25) is 0 Å². The molecule has 0 spiro atoms. The van der Waals surface area contributed by atoms with E-state index in [1.54, 1.807) is 5.57 Å². The van der Waals surface area contributed by atoms with Crippen molar-refractivity contribution < 1.29 is 0 Å². The van der Waals surface area contributed by atoms with Crippen molar-refractivity contribution in [2.24, 2.45) is 23.2 Å². The number of hydrogen-bond acceptors (Lipinski definition) is 0. The van der Waals surface area contributed by atoms with Crippen LogP contribution in [-0.2, 0) is 0 Å². The van der Waals surface area contributed by atoms with Gasteiger partial charge in [0.15, 0.2) is 0 Å². The second-order valence-electron chi connectivity index (χ2n) is 6.06. The smallest absolute Gasteiger partial charge is 0.0715 e. The minimum atomic E-state index is 0.343. The number of allylic oxidation sites excluding steroid dienone is 1. The first kappa shape index (κ1) is 12.2. The van der Waals surface area contributed by atoms with E-state index < -0.39 is 0 Å². The fraction of sp³-hybridized carbons (Fsp3) is 0.846. The lowest BCUT2D eigenvalue weighted by Crippen LogP contribution is -2.47. The average Bonchev–Trinajstić information content (AvgIpc) is 2.14. The molecule has 0 heterocycles. The lowest BCUT2D eigenvalue weighted by atomic mass is 9.48. The molecule has 0 amide bonds. The minimum absolute atomic E-state index is 0.343. The minimum Gasteiger partial charge on any atom is -0.0715 e. The summed E-state index contributed by atoms with van der Waals surface area (Å²) >= 11 is 11.0. The van der Waals surface area contributed by atoms with Crippen LogP contribution in [0.4, 0.5) is 0 Å². The quantitative estimate of drug-likeness (QED) is 0.518. The lowest BCUT2D eigenvalue weighted by molar-refractivity contribution is -0.0302. The van der Waals surface area contributed by atoms with Gasteiger partial charge in [-0.05, 0) is 72.3 Å². The number of alkyl halides is 2. The van der Waals surface area contributed by atoms with Gasteiger partial charge in [-0.2, -0.15) is 0 Å². The van der Waals surface area contributed by atoms with E-state index in [9.17, 15) is 0 Å². The molecular weight excluding hydrogens is 396 g/mol. The van der Waals surface area contributed by atoms with Crippen molar-refractivity contribution in [1.29, 1.82) is 0 Å². The van der Waals surface area contributed by atoms with Gasteiger partial charge in [-0.3, -0.25) is 0 Å². The van der Waals surface area contributed by atoms with Gasteiger partial charge in [0, 0.05) is 0 Å². The molecule has 0 aromatic rings. The van der Waals surface area contributed by atoms with Crippen molar-refractivity contribution in [3.8, 4) is 0 Å². The van der Waals surface area contributed by atoms with Crippen LogP contribution in [-0.4, -0.2) is 3.74 Å². The zero-order valence-corrected chi connectivity index (χ0v) is 14.0. The van der Waals surface area contributed by atoms with Gasteiger partial charge in [-0.15, -0.1) is 0 Å². The monoisotopic (exact) mass is 410 g/mol. The van der Waals surface area contributed by atoms with Crippen LogP contribution in [0.1, 0.15) is 38.5 Å². The summed E-state index contributed by atoms with van der Waals surface area (Å²) in [6.45, 7) is 0. The molecule has 4 fully saturated rings. The van der Waals surface area contributed by atoms with Crippen LogP contribution in [0.3, 0.4) is 0 Å². The number of rotatable bonds is 2. The Balaban J connectivity index is 1.93. The maximum Gasteiger partial charge on any atom is 0.0920 e. The van der Waals surface area contributed by atoms with E-state index in [4.69, 9.17) is 0 Å². The SMILES string of the molecule is Br/C=C(/C(Br)Br)C12CC3CC(CC(C3)C1)C2. The molecule has 0 aromatic carbocycles. The molecular formula is C13H17Br3. The second-order valence-corrected chi connectivity index (χ2v) is 9.58. The van der Waals surface area contributed by atoms with Crippen LogP contribution >= 0.6 is 47.8 Å². The summed E-state index contributed by atoms with van der Waals surface area (Å²) in [6, 6.07) is 0. The fourth-order valence-electron chi connectivity index (χ4n) is 4.86. The van der Waals surface area contributed by atoms with Crippen molar-refractivity contribution in [3.63, 3.8) is 0 Å². The van der Waals surface area contributed by atoms with Gasteiger partial charge in [0.25, 0.3) is 0 Å². The molecule has 4 rings (SSSR count). The Morgan fingerprint density at radius 2 is 1.44 bits per heavy atom. The molecule has 0 aromatic heterocycles. The average molecular weight is 413 g/mol. The summed E-state index contributed by atoms with van der Waals surface area (Å²) in [7, 11) is 0. The van der Waals surface area contributed by atoms with Crippen molar-refractivity contribution in [3.05, 3.63) is 10.6 Å². The third-order valence-corrected chi connectivity index (χ3v) is 6.48. The first-order valence-electron chi connectivity index (χ1n) is 6.22. The first-order chi connectivity index (χ1) is 7.63. The summed E-state index contributed by atoms with van der Waals surface area (Å²) < 4.78 is 0.343. The summed E-state index contributed by atoms with van der Waals surface area (Å²) in [5.74, 6) is 3.06. The number of hydrogen-bond donors (Lipinski definition) is 0. The zero-order valence-electron chi connectivity index (χ0n) is 9.26. The maximum absolute atomic E-state index is 3.71. The summed E-state index contributed by atoms with van der Waals surface area (Å²) in [5.41, 5.74) is 2.06. The molecule has 4 aliphatic carbocycles. The van der Waals surface area contributed by atoms with Gasteiger partial charge in [0.1, 0.15) is 0 Å². The summed E-state index contributed by atoms with van der Waals surface area (Å²) in [6.07, 6.45) is 8.86. The highest BCUT2D eigenvalue weighted by Gasteiger charge is 2.52. The predicted molar refractivity (Wildman–Crippen MR) is 79.3 cm³/mol. The predicted octanol–water partition coefficient (Wildman–Crippen LogP) is 5.60. The first-order valence-corrected chi connectivity index (χ1v) is 8.96. The number of halogens is 3. The topological polar surface area (TPSA) is 0 Å². The van der Waals surface area contributed by atoms with Crippen molar-refractivity contribution >= 4 is 47.8 Å². The van der Waals surface area contributed by atoms with Gasteiger partial charge in [-0.1, -0.05) is 47.8 Å². The Morgan fingerprint density at radius 1 is 1.00 bits per heavy atom. The van der Waals surface area contributed by atoms with Crippen LogP contribution < -0.4 is 0 Å². The highest BCUT2D eigenvalue weighted by molar-refractivity contribution is 9.24. The Labute approximate surface area is 123 Å². The maximum atomic E-state index is 3.71. The van der Waals surface area contributed by atoms with Gasteiger partial charge in [0.05, 0.1) is 3.74 Å². The van der Waals surface area contributed by atoms with E-state index in [-0.39, 0.29) is 0 Å². The molecule has 0 radical (unpaired) electrons. The van der Waals surface area contributed by atoms with E-state index in [1.165, 1.54) is 38.5 Å². The molecule has 0 unspecified atom stereocenters. The van der Waals surface area contributed by atoms with Crippen molar-refractivity contribution in [2.45, 2.75) is 42.3 Å². The second kappa shape index (κ2) is 4.38. The molecule has 4 aliphatic rings.